The van der Waals surface area contributed by atoms with Gasteiger partial charge in [-0.25, -0.2) is 0 Å². The summed E-state index contributed by atoms with van der Waals surface area (Å²) in [5, 5.41) is 1.15. The number of nitrogens with zero attached hydrogens (tertiary/aromatic N) is 2. The number of aromatic nitrogens is 1. The van der Waals surface area contributed by atoms with Crippen LogP contribution in [0.1, 0.15) is 24.5 Å². The van der Waals surface area contributed by atoms with E-state index >= 15 is 0 Å². The van der Waals surface area contributed by atoms with Gasteiger partial charge in [0.15, 0.2) is 8.32 Å². The van der Waals surface area contributed by atoms with Gasteiger partial charge in [-0.2, -0.15) is 0 Å². The lowest BCUT2D eigenvalue weighted by molar-refractivity contribution is -0.0382. The Morgan fingerprint density at radius 1 is 1.28 bits per heavy atom. The molecule has 29 heavy (non-hydrogen) atoms. The third kappa shape index (κ3) is 4.53. The predicted molar refractivity (Wildman–Crippen MR) is 124 cm³/mol. The fourth-order valence-electron chi connectivity index (χ4n) is 4.94. The molecule has 4 heterocycles. The van der Waals surface area contributed by atoms with Crippen LogP contribution in [0.4, 0.5) is 0 Å². The van der Waals surface area contributed by atoms with Crippen LogP contribution in [0, 0.1) is 11.8 Å². The lowest BCUT2D eigenvalue weighted by Crippen LogP contribution is -2.56. The molecule has 3 aliphatic heterocycles. The highest BCUT2D eigenvalue weighted by Gasteiger charge is 2.44. The Bertz CT molecular complexity index is 870. The molecule has 0 aliphatic carbocycles. The van der Waals surface area contributed by atoms with E-state index in [2.05, 4.69) is 54.3 Å². The van der Waals surface area contributed by atoms with E-state index in [0.29, 0.717) is 12.0 Å². The van der Waals surface area contributed by atoms with Crippen molar-refractivity contribution >= 4 is 31.6 Å². The Kier molecular flexibility index (Phi) is 6.73. The van der Waals surface area contributed by atoms with E-state index in [0.717, 1.165) is 35.7 Å². The Hall–Kier alpha value is -1.40. The molecule has 5 rings (SSSR count). The number of benzene rings is 1. The van der Waals surface area contributed by atoms with Gasteiger partial charge in [-0.3, -0.25) is 9.88 Å². The van der Waals surface area contributed by atoms with Crippen molar-refractivity contribution in [3.05, 3.63) is 48.7 Å². The number of rotatable bonds is 6. The number of halogens is 1. The maximum atomic E-state index is 6.87. The molecule has 1 aromatic heterocycles. The smallest absolute Gasteiger partial charge is 0.184 e. The minimum Gasteiger partial charge on any atom is -0.497 e. The molecule has 2 bridgehead atoms. The summed E-state index contributed by atoms with van der Waals surface area (Å²) < 4.78 is 12.4. The highest BCUT2D eigenvalue weighted by molar-refractivity contribution is 6.69. The Balaban J connectivity index is 0.00000240. The quantitative estimate of drug-likeness (QED) is 0.448. The van der Waals surface area contributed by atoms with Crippen molar-refractivity contribution in [2.45, 2.75) is 44.6 Å². The van der Waals surface area contributed by atoms with E-state index < -0.39 is 8.32 Å². The van der Waals surface area contributed by atoms with Gasteiger partial charge in [-0.15, -0.1) is 19.0 Å². The average Bonchev–Trinajstić information content (AvgIpc) is 2.70. The second-order valence-electron chi connectivity index (χ2n) is 9.18. The molecule has 0 radical (unpaired) electrons. The van der Waals surface area contributed by atoms with Gasteiger partial charge >= 0.3 is 0 Å². The maximum absolute atomic E-state index is 6.87. The first kappa shape index (κ1) is 22.3. The first-order chi connectivity index (χ1) is 13.4. The molecule has 5 atom stereocenters. The number of ether oxygens (including phenoxy) is 1. The molecule has 4 nitrogen and oxygen atoms in total. The van der Waals surface area contributed by atoms with Gasteiger partial charge in [0, 0.05) is 24.2 Å². The minimum absolute atomic E-state index is 0. The Morgan fingerprint density at radius 3 is 2.69 bits per heavy atom. The zero-order valence-electron chi connectivity index (χ0n) is 17.9. The van der Waals surface area contributed by atoms with Gasteiger partial charge in [0.05, 0.1) is 18.7 Å². The summed E-state index contributed by atoms with van der Waals surface area (Å²) in [6.07, 6.45) is 6.61. The van der Waals surface area contributed by atoms with Crippen molar-refractivity contribution in [2.75, 3.05) is 20.2 Å². The lowest BCUT2D eigenvalue weighted by Gasteiger charge is -2.52. The van der Waals surface area contributed by atoms with Crippen LogP contribution >= 0.6 is 12.4 Å². The van der Waals surface area contributed by atoms with Crippen LogP contribution in [0.15, 0.2) is 43.1 Å². The summed E-state index contributed by atoms with van der Waals surface area (Å²) in [6.45, 7) is 13.2. The van der Waals surface area contributed by atoms with Crippen molar-refractivity contribution < 1.29 is 9.16 Å². The molecule has 0 saturated carbocycles. The number of hydrogen-bond acceptors (Lipinski definition) is 4. The van der Waals surface area contributed by atoms with Crippen molar-refractivity contribution in [2.24, 2.45) is 11.8 Å². The van der Waals surface area contributed by atoms with Crippen molar-refractivity contribution in [3.63, 3.8) is 0 Å². The van der Waals surface area contributed by atoms with Crippen LogP contribution in [-0.4, -0.2) is 44.4 Å². The molecular weight excluding hydrogens is 400 g/mol. The van der Waals surface area contributed by atoms with E-state index in [9.17, 15) is 0 Å². The lowest BCUT2D eigenvalue weighted by atomic mass is 9.73. The summed E-state index contributed by atoms with van der Waals surface area (Å²) in [6, 6.07) is 8.71. The standard InChI is InChI=1S/C23H32N2O2Si.ClH/c1-6-16-15-25-12-10-17(16)13-22(25)23(27-28(3,4)5)19-9-11-24-21-8-7-18(26-2)14-20(19)21;/h6-9,11,14,16-17,22-23H,1,10,12-13,15H2,2-5H3;1H. The van der Waals surface area contributed by atoms with Crippen molar-refractivity contribution in [3.8, 4) is 5.75 Å². The first-order valence-corrected chi connectivity index (χ1v) is 13.8. The second kappa shape index (κ2) is 8.76. The summed E-state index contributed by atoms with van der Waals surface area (Å²) in [7, 11) is -0.0309. The molecule has 6 heteroatoms. The van der Waals surface area contributed by atoms with Crippen LogP contribution in [0.25, 0.3) is 10.9 Å². The third-order valence-corrected chi connectivity index (χ3v) is 7.23. The number of pyridine rings is 1. The van der Waals surface area contributed by atoms with Gasteiger partial charge in [0.1, 0.15) is 5.75 Å². The molecule has 0 amide bonds. The van der Waals surface area contributed by atoms with Crippen molar-refractivity contribution in [1.82, 2.24) is 9.88 Å². The summed E-state index contributed by atoms with van der Waals surface area (Å²) in [5.41, 5.74) is 2.25. The maximum Gasteiger partial charge on any atom is 0.184 e. The fraction of sp³-hybridized carbons (Fsp3) is 0.522. The molecule has 2 aromatic rings. The van der Waals surface area contributed by atoms with Gasteiger partial charge in [-0.1, -0.05) is 6.08 Å². The summed E-state index contributed by atoms with van der Waals surface area (Å²) in [5.74, 6) is 2.21. The predicted octanol–water partition coefficient (Wildman–Crippen LogP) is 5.45. The van der Waals surface area contributed by atoms with E-state index in [1.807, 2.05) is 18.3 Å². The minimum atomic E-state index is -1.75. The molecule has 1 aromatic carbocycles. The van der Waals surface area contributed by atoms with Gasteiger partial charge in [0.25, 0.3) is 0 Å². The number of methoxy groups -OCH3 is 1. The second-order valence-corrected chi connectivity index (χ2v) is 13.6. The number of hydrogen-bond donors (Lipinski definition) is 0. The van der Waals surface area contributed by atoms with E-state index in [1.54, 1.807) is 7.11 Å². The zero-order valence-corrected chi connectivity index (χ0v) is 19.7. The highest BCUT2D eigenvalue weighted by atomic mass is 35.5. The van der Waals surface area contributed by atoms with Gasteiger partial charge < -0.3 is 9.16 Å². The Labute approximate surface area is 181 Å². The topological polar surface area (TPSA) is 34.6 Å². The van der Waals surface area contributed by atoms with E-state index in [4.69, 9.17) is 9.16 Å². The van der Waals surface area contributed by atoms with Gasteiger partial charge in [0.2, 0.25) is 0 Å². The summed E-state index contributed by atoms with van der Waals surface area (Å²) >= 11 is 0. The monoisotopic (exact) mass is 432 g/mol. The number of fused-ring (bicyclic) bond motifs is 4. The molecule has 5 unspecified atom stereocenters. The Morgan fingerprint density at radius 2 is 2.07 bits per heavy atom. The molecule has 3 saturated heterocycles. The third-order valence-electron chi connectivity index (χ3n) is 6.27. The van der Waals surface area contributed by atoms with Crippen LogP contribution in [-0.2, 0) is 4.43 Å². The highest BCUT2D eigenvalue weighted by Crippen LogP contribution is 2.44. The van der Waals surface area contributed by atoms with E-state index in [1.165, 1.54) is 18.4 Å². The molecule has 0 N–H and O–H groups in total. The normalized spacial score (nSPS) is 27.3. The average molecular weight is 433 g/mol. The van der Waals surface area contributed by atoms with Crippen LogP contribution in [0.5, 0.6) is 5.75 Å². The molecule has 158 valence electrons. The number of piperidine rings is 3. The van der Waals surface area contributed by atoms with E-state index in [-0.39, 0.29) is 18.5 Å². The molecule has 0 spiro atoms. The van der Waals surface area contributed by atoms with Crippen LogP contribution < -0.4 is 4.74 Å². The SMILES string of the molecule is C=CC1CN2CCC1CC2C(O[Si](C)(C)C)c1ccnc2ccc(OC)cc12.Cl. The van der Waals surface area contributed by atoms with Crippen LogP contribution in [0.3, 0.4) is 0 Å². The molecular formula is C23H33ClN2O2Si. The largest absolute Gasteiger partial charge is 0.497 e. The van der Waals surface area contributed by atoms with Crippen molar-refractivity contribution in [1.29, 1.82) is 0 Å². The molecule has 3 aliphatic rings. The zero-order chi connectivity index (χ0) is 19.9. The first-order valence-electron chi connectivity index (χ1n) is 10.4. The summed E-state index contributed by atoms with van der Waals surface area (Å²) in [4.78, 5) is 7.23. The fourth-order valence-corrected chi connectivity index (χ4v) is 5.99. The molecule has 3 fully saturated rings. The van der Waals surface area contributed by atoms with Gasteiger partial charge in [-0.05, 0) is 80.7 Å². The van der Waals surface area contributed by atoms with Crippen LogP contribution in [0.2, 0.25) is 19.6 Å².